The molecule has 0 fully saturated rings. The SMILES string of the molecule is C/C=C\C(=C/CC)C(N)CCN(C)C. The molecule has 0 rings (SSSR count). The molecule has 0 saturated heterocycles. The fraction of sp³-hybridized carbons (Fsp3) is 0.667. The first kappa shape index (κ1) is 13.4. The first-order valence-electron chi connectivity index (χ1n) is 5.34. The Hall–Kier alpha value is -0.600. The highest BCUT2D eigenvalue weighted by Crippen LogP contribution is 2.07. The molecule has 1 atom stereocenters. The Bertz CT molecular complexity index is 192. The number of nitrogens with zero attached hydrogens (tertiary/aromatic N) is 1. The van der Waals surface area contributed by atoms with Crippen molar-refractivity contribution in [3.05, 3.63) is 23.8 Å². The number of rotatable bonds is 6. The van der Waals surface area contributed by atoms with E-state index in [1.165, 1.54) is 5.57 Å². The highest BCUT2D eigenvalue weighted by Gasteiger charge is 2.05. The van der Waals surface area contributed by atoms with Gasteiger partial charge in [-0.15, -0.1) is 0 Å². The third-order valence-electron chi connectivity index (χ3n) is 2.11. The molecule has 0 aromatic carbocycles. The quantitative estimate of drug-likeness (QED) is 0.660. The summed E-state index contributed by atoms with van der Waals surface area (Å²) in [4.78, 5) is 2.17. The van der Waals surface area contributed by atoms with Crippen LogP contribution in [0.5, 0.6) is 0 Å². The number of allylic oxidation sites excluding steroid dienone is 2. The zero-order valence-corrected chi connectivity index (χ0v) is 9.96. The van der Waals surface area contributed by atoms with E-state index in [1.54, 1.807) is 0 Å². The minimum atomic E-state index is 0.175. The van der Waals surface area contributed by atoms with Gasteiger partial charge in [0.25, 0.3) is 0 Å². The summed E-state index contributed by atoms with van der Waals surface area (Å²) >= 11 is 0. The standard InChI is InChI=1S/C12H24N2/c1-5-7-11(8-6-2)12(13)9-10-14(3)4/h5,7-8,12H,6,9-10,13H2,1-4H3/b7-5-,11-8+. The van der Waals surface area contributed by atoms with Crippen LogP contribution in [0.25, 0.3) is 0 Å². The molecule has 0 aliphatic rings. The lowest BCUT2D eigenvalue weighted by atomic mass is 10.0. The monoisotopic (exact) mass is 196 g/mol. The Kier molecular flexibility index (Phi) is 7.44. The van der Waals surface area contributed by atoms with Gasteiger partial charge in [-0.1, -0.05) is 25.2 Å². The van der Waals surface area contributed by atoms with Crippen LogP contribution in [0.4, 0.5) is 0 Å². The second-order valence-electron chi connectivity index (χ2n) is 3.81. The van der Waals surface area contributed by atoms with Crippen LogP contribution in [0.3, 0.4) is 0 Å². The molecule has 2 heteroatoms. The molecule has 0 aliphatic carbocycles. The molecule has 1 unspecified atom stereocenters. The molecule has 0 saturated carbocycles. The highest BCUT2D eigenvalue weighted by molar-refractivity contribution is 5.23. The Morgan fingerprint density at radius 2 is 2.07 bits per heavy atom. The van der Waals surface area contributed by atoms with Gasteiger partial charge in [0.2, 0.25) is 0 Å². The molecule has 0 heterocycles. The maximum atomic E-state index is 6.09. The molecule has 0 aliphatic heterocycles. The summed E-state index contributed by atoms with van der Waals surface area (Å²) in [6, 6.07) is 0.175. The Labute approximate surface area is 88.5 Å². The molecule has 0 bridgehead atoms. The molecular formula is C12H24N2. The summed E-state index contributed by atoms with van der Waals surface area (Å²) in [7, 11) is 4.15. The van der Waals surface area contributed by atoms with Crippen LogP contribution in [-0.4, -0.2) is 31.6 Å². The van der Waals surface area contributed by atoms with Crippen molar-refractivity contribution in [1.29, 1.82) is 0 Å². The molecular weight excluding hydrogens is 172 g/mol. The van der Waals surface area contributed by atoms with Crippen molar-refractivity contribution >= 4 is 0 Å². The first-order valence-corrected chi connectivity index (χ1v) is 5.34. The van der Waals surface area contributed by atoms with E-state index in [0.717, 1.165) is 19.4 Å². The van der Waals surface area contributed by atoms with Crippen molar-refractivity contribution in [3.8, 4) is 0 Å². The van der Waals surface area contributed by atoms with Gasteiger partial charge in [0.05, 0.1) is 0 Å². The Balaban J connectivity index is 4.15. The lowest BCUT2D eigenvalue weighted by molar-refractivity contribution is 0.390. The van der Waals surface area contributed by atoms with Gasteiger partial charge in [0.1, 0.15) is 0 Å². The molecule has 2 nitrogen and oxygen atoms in total. The van der Waals surface area contributed by atoms with Gasteiger partial charge in [-0.3, -0.25) is 0 Å². The van der Waals surface area contributed by atoms with Crippen LogP contribution < -0.4 is 5.73 Å². The summed E-state index contributed by atoms with van der Waals surface area (Å²) in [5, 5.41) is 0. The second kappa shape index (κ2) is 7.77. The fourth-order valence-electron chi connectivity index (χ4n) is 1.34. The fourth-order valence-corrected chi connectivity index (χ4v) is 1.34. The minimum absolute atomic E-state index is 0.175. The van der Waals surface area contributed by atoms with Gasteiger partial charge >= 0.3 is 0 Å². The third kappa shape index (κ3) is 5.95. The summed E-state index contributed by atoms with van der Waals surface area (Å²) < 4.78 is 0. The number of nitrogens with two attached hydrogens (primary N) is 1. The van der Waals surface area contributed by atoms with E-state index in [1.807, 2.05) is 6.92 Å². The Morgan fingerprint density at radius 1 is 1.43 bits per heavy atom. The lowest BCUT2D eigenvalue weighted by Crippen LogP contribution is -2.27. The average Bonchev–Trinajstić information content (AvgIpc) is 2.14. The van der Waals surface area contributed by atoms with Crippen LogP contribution >= 0.6 is 0 Å². The van der Waals surface area contributed by atoms with Gasteiger partial charge in [0.15, 0.2) is 0 Å². The van der Waals surface area contributed by atoms with Gasteiger partial charge in [-0.25, -0.2) is 0 Å². The predicted octanol–water partition coefficient (Wildman–Crippen LogP) is 2.18. The van der Waals surface area contributed by atoms with Crippen LogP contribution in [0.1, 0.15) is 26.7 Å². The average molecular weight is 196 g/mol. The van der Waals surface area contributed by atoms with Crippen molar-refractivity contribution in [1.82, 2.24) is 4.90 Å². The normalized spacial score (nSPS) is 15.4. The molecule has 0 amide bonds. The van der Waals surface area contributed by atoms with E-state index in [4.69, 9.17) is 5.73 Å². The maximum Gasteiger partial charge on any atom is 0.0303 e. The third-order valence-corrected chi connectivity index (χ3v) is 2.11. The first-order chi connectivity index (χ1) is 6.61. The summed E-state index contributed by atoms with van der Waals surface area (Å²) in [6.07, 6.45) is 8.44. The molecule has 0 aromatic heterocycles. The van der Waals surface area contributed by atoms with E-state index in [-0.39, 0.29) is 6.04 Å². The highest BCUT2D eigenvalue weighted by atomic mass is 15.0. The summed E-state index contributed by atoms with van der Waals surface area (Å²) in [6.45, 7) is 5.21. The number of hydrogen-bond donors (Lipinski definition) is 1. The maximum absolute atomic E-state index is 6.09. The zero-order chi connectivity index (χ0) is 11.0. The van der Waals surface area contributed by atoms with E-state index in [0.29, 0.717) is 0 Å². The Morgan fingerprint density at radius 3 is 2.50 bits per heavy atom. The van der Waals surface area contributed by atoms with Gasteiger partial charge < -0.3 is 10.6 Å². The molecule has 14 heavy (non-hydrogen) atoms. The van der Waals surface area contributed by atoms with Crippen LogP contribution in [0.2, 0.25) is 0 Å². The van der Waals surface area contributed by atoms with Crippen LogP contribution in [-0.2, 0) is 0 Å². The van der Waals surface area contributed by atoms with E-state index >= 15 is 0 Å². The summed E-state index contributed by atoms with van der Waals surface area (Å²) in [5.74, 6) is 0. The van der Waals surface area contributed by atoms with Gasteiger partial charge in [-0.05, 0) is 46.0 Å². The van der Waals surface area contributed by atoms with Crippen LogP contribution in [0.15, 0.2) is 23.8 Å². The van der Waals surface area contributed by atoms with E-state index in [9.17, 15) is 0 Å². The molecule has 0 spiro atoms. The minimum Gasteiger partial charge on any atom is -0.324 e. The molecule has 0 radical (unpaired) electrons. The molecule has 82 valence electrons. The second-order valence-corrected chi connectivity index (χ2v) is 3.81. The van der Waals surface area contributed by atoms with Crippen molar-refractivity contribution in [2.75, 3.05) is 20.6 Å². The van der Waals surface area contributed by atoms with Crippen molar-refractivity contribution < 1.29 is 0 Å². The number of hydrogen-bond acceptors (Lipinski definition) is 2. The van der Waals surface area contributed by atoms with Crippen molar-refractivity contribution in [2.24, 2.45) is 5.73 Å². The van der Waals surface area contributed by atoms with Crippen molar-refractivity contribution in [3.63, 3.8) is 0 Å². The van der Waals surface area contributed by atoms with Crippen molar-refractivity contribution in [2.45, 2.75) is 32.7 Å². The topological polar surface area (TPSA) is 29.3 Å². The van der Waals surface area contributed by atoms with Gasteiger partial charge in [-0.2, -0.15) is 0 Å². The molecule has 2 N–H and O–H groups in total. The lowest BCUT2D eigenvalue weighted by Gasteiger charge is -2.16. The zero-order valence-electron chi connectivity index (χ0n) is 9.96. The molecule has 0 aromatic rings. The predicted molar refractivity (Wildman–Crippen MR) is 64.3 cm³/mol. The van der Waals surface area contributed by atoms with E-state index < -0.39 is 0 Å². The van der Waals surface area contributed by atoms with Gasteiger partial charge in [0, 0.05) is 6.04 Å². The van der Waals surface area contributed by atoms with E-state index in [2.05, 4.69) is 44.1 Å². The smallest absolute Gasteiger partial charge is 0.0303 e. The largest absolute Gasteiger partial charge is 0.324 e. The summed E-state index contributed by atoms with van der Waals surface area (Å²) in [5.41, 5.74) is 7.35. The van der Waals surface area contributed by atoms with Crippen LogP contribution in [0, 0.1) is 0 Å².